The molecule has 0 unspecified atom stereocenters. The van der Waals surface area contributed by atoms with Gasteiger partial charge in [0, 0.05) is 18.5 Å². The highest BCUT2D eigenvalue weighted by Gasteiger charge is 1.97. The predicted molar refractivity (Wildman–Crippen MR) is 53.2 cm³/mol. The van der Waals surface area contributed by atoms with Gasteiger partial charge in [-0.3, -0.25) is 0 Å². The van der Waals surface area contributed by atoms with Gasteiger partial charge < -0.3 is 9.67 Å². The van der Waals surface area contributed by atoms with E-state index in [2.05, 4.69) is 11.2 Å². The molecule has 1 aromatic heterocycles. The van der Waals surface area contributed by atoms with Gasteiger partial charge in [-0.1, -0.05) is 12.1 Å². The second kappa shape index (κ2) is 4.07. The summed E-state index contributed by atoms with van der Waals surface area (Å²) in [6.45, 7) is 0.180. The van der Waals surface area contributed by atoms with Crippen LogP contribution in [0, 0.1) is 6.20 Å². The molecule has 1 heterocycles. The number of hydrogen-bond donors (Lipinski definition) is 1. The van der Waals surface area contributed by atoms with Crippen molar-refractivity contribution in [1.82, 2.24) is 9.55 Å². The third-order valence-corrected chi connectivity index (χ3v) is 2.06. The van der Waals surface area contributed by atoms with E-state index >= 15 is 0 Å². The third kappa shape index (κ3) is 1.83. The van der Waals surface area contributed by atoms with Crippen LogP contribution in [-0.4, -0.2) is 21.3 Å². The fourth-order valence-corrected chi connectivity index (χ4v) is 1.37. The molecule has 3 heteroatoms. The summed E-state index contributed by atoms with van der Waals surface area (Å²) in [5.74, 6) is 0. The minimum absolute atomic E-state index is 0.180. The second-order valence-electron chi connectivity index (χ2n) is 3.05. The lowest BCUT2D eigenvalue weighted by atomic mass is 10.1. The molecule has 3 nitrogen and oxygen atoms in total. The molecule has 0 aliphatic carbocycles. The van der Waals surface area contributed by atoms with Gasteiger partial charge in [0.15, 0.2) is 0 Å². The Morgan fingerprint density at radius 3 is 3.07 bits per heavy atom. The minimum Gasteiger partial charge on any atom is -0.396 e. The molecule has 0 spiro atoms. The summed E-state index contributed by atoms with van der Waals surface area (Å²) in [5, 5.41) is 8.82. The van der Waals surface area contributed by atoms with Crippen molar-refractivity contribution in [1.29, 1.82) is 0 Å². The van der Waals surface area contributed by atoms with Gasteiger partial charge in [0.1, 0.15) is 6.20 Å². The summed E-state index contributed by atoms with van der Waals surface area (Å²) in [4.78, 5) is 3.86. The highest BCUT2D eigenvalue weighted by molar-refractivity contribution is 5.35. The first-order valence-corrected chi connectivity index (χ1v) is 4.50. The second-order valence-corrected chi connectivity index (χ2v) is 3.05. The van der Waals surface area contributed by atoms with Crippen LogP contribution in [0.4, 0.5) is 0 Å². The number of aromatic nitrogens is 2. The molecule has 2 aromatic rings. The summed E-state index contributed by atoms with van der Waals surface area (Å²) in [5.41, 5.74) is 2.17. The first-order chi connectivity index (χ1) is 6.90. The molecule has 1 aromatic carbocycles. The topological polar surface area (TPSA) is 38.0 Å². The minimum atomic E-state index is 0.180. The summed E-state index contributed by atoms with van der Waals surface area (Å²) in [7, 11) is 0. The van der Waals surface area contributed by atoms with Gasteiger partial charge in [0.2, 0.25) is 0 Å². The van der Waals surface area contributed by atoms with Gasteiger partial charge in [-0.05, 0) is 24.1 Å². The number of nitrogens with zero attached hydrogens (tertiary/aromatic N) is 2. The Bertz CT molecular complexity index is 395. The molecule has 1 N–H and O–H groups in total. The Hall–Kier alpha value is -1.61. The first-order valence-electron chi connectivity index (χ1n) is 4.50. The zero-order chi connectivity index (χ0) is 9.80. The van der Waals surface area contributed by atoms with E-state index in [-0.39, 0.29) is 6.61 Å². The Kier molecular flexibility index (Phi) is 2.60. The van der Waals surface area contributed by atoms with Gasteiger partial charge in [-0.25, -0.2) is 4.98 Å². The molecule has 14 heavy (non-hydrogen) atoms. The molecule has 0 fully saturated rings. The smallest absolute Gasteiger partial charge is 0.109 e. The first kappa shape index (κ1) is 8.97. The highest BCUT2D eigenvalue weighted by Crippen LogP contribution is 2.10. The maximum atomic E-state index is 8.82. The number of hydrogen-bond acceptors (Lipinski definition) is 2. The van der Waals surface area contributed by atoms with E-state index in [1.165, 1.54) is 0 Å². The Labute approximate surface area is 82.7 Å². The molecular weight excluding hydrogens is 176 g/mol. The Morgan fingerprint density at radius 1 is 1.43 bits per heavy atom. The summed E-state index contributed by atoms with van der Waals surface area (Å²) in [6, 6.07) is 8.00. The molecule has 0 amide bonds. The molecule has 0 aliphatic rings. The highest BCUT2D eigenvalue weighted by atomic mass is 16.2. The normalized spacial score (nSPS) is 10.4. The van der Waals surface area contributed by atoms with Crippen LogP contribution in [0.5, 0.6) is 0 Å². The van der Waals surface area contributed by atoms with Crippen molar-refractivity contribution in [2.45, 2.75) is 6.42 Å². The monoisotopic (exact) mass is 187 g/mol. The fourth-order valence-electron chi connectivity index (χ4n) is 1.37. The molecule has 0 atom stereocenters. The van der Waals surface area contributed by atoms with Crippen LogP contribution in [0.15, 0.2) is 36.8 Å². The zero-order valence-corrected chi connectivity index (χ0v) is 7.72. The van der Waals surface area contributed by atoms with E-state index in [4.69, 9.17) is 5.11 Å². The molecule has 71 valence electrons. The number of aliphatic hydroxyl groups is 1. The van der Waals surface area contributed by atoms with Crippen LogP contribution >= 0.6 is 0 Å². The van der Waals surface area contributed by atoms with E-state index < -0.39 is 0 Å². The maximum absolute atomic E-state index is 8.82. The average molecular weight is 187 g/mol. The van der Waals surface area contributed by atoms with Gasteiger partial charge >= 0.3 is 0 Å². The molecule has 1 radical (unpaired) electrons. The van der Waals surface area contributed by atoms with Gasteiger partial charge in [-0.15, -0.1) is 0 Å². The Balaban J connectivity index is 2.31. The molecule has 0 aliphatic heterocycles. The van der Waals surface area contributed by atoms with Crippen molar-refractivity contribution in [2.75, 3.05) is 6.61 Å². The molecule has 0 saturated carbocycles. The Morgan fingerprint density at radius 2 is 2.36 bits per heavy atom. The quantitative estimate of drug-likeness (QED) is 0.784. The van der Waals surface area contributed by atoms with E-state index in [9.17, 15) is 0 Å². The van der Waals surface area contributed by atoms with Crippen LogP contribution in [0.25, 0.3) is 5.69 Å². The van der Waals surface area contributed by atoms with E-state index in [0.717, 1.165) is 11.3 Å². The third-order valence-electron chi connectivity index (χ3n) is 2.06. The zero-order valence-electron chi connectivity index (χ0n) is 7.72. The maximum Gasteiger partial charge on any atom is 0.109 e. The van der Waals surface area contributed by atoms with Crippen molar-refractivity contribution in [2.24, 2.45) is 0 Å². The fraction of sp³-hybridized carbons (Fsp3) is 0.182. The lowest BCUT2D eigenvalue weighted by Crippen LogP contribution is -1.94. The SMILES string of the molecule is OCCc1cccc(-n2c[c]nc2)c1. The van der Waals surface area contributed by atoms with Crippen LogP contribution in [0.3, 0.4) is 0 Å². The summed E-state index contributed by atoms with van der Waals surface area (Å²) in [6.07, 6.45) is 6.91. The predicted octanol–water partition coefficient (Wildman–Crippen LogP) is 1.21. The van der Waals surface area contributed by atoms with Crippen molar-refractivity contribution in [3.05, 3.63) is 48.5 Å². The summed E-state index contributed by atoms with van der Waals surface area (Å²) < 4.78 is 1.89. The van der Waals surface area contributed by atoms with Crippen molar-refractivity contribution >= 4 is 0 Å². The molecular formula is C11H11N2O. The van der Waals surface area contributed by atoms with Gasteiger partial charge in [0.25, 0.3) is 0 Å². The van der Waals surface area contributed by atoms with Crippen molar-refractivity contribution in [3.63, 3.8) is 0 Å². The number of aliphatic hydroxyl groups excluding tert-OH is 1. The van der Waals surface area contributed by atoms with E-state index in [0.29, 0.717) is 6.42 Å². The lowest BCUT2D eigenvalue weighted by Gasteiger charge is -2.04. The van der Waals surface area contributed by atoms with E-state index in [1.807, 2.05) is 28.8 Å². The van der Waals surface area contributed by atoms with Crippen LogP contribution in [0.2, 0.25) is 0 Å². The lowest BCUT2D eigenvalue weighted by molar-refractivity contribution is 0.299. The summed E-state index contributed by atoms with van der Waals surface area (Å²) >= 11 is 0. The number of imidazole rings is 1. The van der Waals surface area contributed by atoms with Crippen LogP contribution < -0.4 is 0 Å². The van der Waals surface area contributed by atoms with Gasteiger partial charge in [-0.2, -0.15) is 0 Å². The van der Waals surface area contributed by atoms with Crippen molar-refractivity contribution in [3.8, 4) is 5.69 Å². The average Bonchev–Trinajstić information content (AvgIpc) is 2.71. The molecule has 0 bridgehead atoms. The number of rotatable bonds is 3. The van der Waals surface area contributed by atoms with Crippen molar-refractivity contribution < 1.29 is 5.11 Å². The number of benzene rings is 1. The molecule has 0 saturated heterocycles. The largest absolute Gasteiger partial charge is 0.396 e. The van der Waals surface area contributed by atoms with Crippen LogP contribution in [0.1, 0.15) is 5.56 Å². The standard InChI is InChI=1S/C11H11N2O/c14-7-4-10-2-1-3-11(8-10)13-6-5-12-9-13/h1-3,6,8-9,14H,4,7H2. The van der Waals surface area contributed by atoms with Gasteiger partial charge in [0.05, 0.1) is 6.33 Å². The molecule has 2 rings (SSSR count). The van der Waals surface area contributed by atoms with E-state index in [1.54, 1.807) is 12.5 Å². The van der Waals surface area contributed by atoms with Crippen LogP contribution in [-0.2, 0) is 6.42 Å².